The molecule has 0 aliphatic heterocycles. The van der Waals surface area contributed by atoms with Crippen molar-refractivity contribution in [2.75, 3.05) is 0 Å². The van der Waals surface area contributed by atoms with Gasteiger partial charge >= 0.3 is 0 Å². The summed E-state index contributed by atoms with van der Waals surface area (Å²) in [6.45, 7) is 8.86. The minimum absolute atomic E-state index is 0. The summed E-state index contributed by atoms with van der Waals surface area (Å²) in [4.78, 5) is 11.9. The number of hydrogen-bond donors (Lipinski definition) is 1. The molecule has 2 heterocycles. The SMILES string of the molecule is CC(C)Cc1c[nH]c(CC(C)C)n1.Cl.c1ccc2ncccc2c1. The summed E-state index contributed by atoms with van der Waals surface area (Å²) in [7, 11) is 0. The van der Waals surface area contributed by atoms with Gasteiger partial charge in [0.1, 0.15) is 5.82 Å². The van der Waals surface area contributed by atoms with E-state index in [0.717, 1.165) is 24.2 Å². The molecule has 130 valence electrons. The van der Waals surface area contributed by atoms with Gasteiger partial charge in [-0.1, -0.05) is 52.0 Å². The number of rotatable bonds is 4. The number of nitrogens with zero attached hydrogens (tertiary/aromatic N) is 2. The highest BCUT2D eigenvalue weighted by Crippen LogP contribution is 2.09. The first kappa shape index (κ1) is 20.2. The molecule has 1 aromatic carbocycles. The van der Waals surface area contributed by atoms with Crippen LogP contribution in [0.25, 0.3) is 10.9 Å². The van der Waals surface area contributed by atoms with Gasteiger partial charge in [-0.05, 0) is 30.4 Å². The van der Waals surface area contributed by atoms with E-state index in [1.54, 1.807) is 0 Å². The van der Waals surface area contributed by atoms with Gasteiger partial charge in [0, 0.05) is 24.2 Å². The second-order valence-electron chi connectivity index (χ2n) is 6.73. The van der Waals surface area contributed by atoms with Crippen LogP contribution in [-0.2, 0) is 12.8 Å². The number of halogens is 1. The van der Waals surface area contributed by atoms with Crippen LogP contribution in [0.5, 0.6) is 0 Å². The molecule has 0 radical (unpaired) electrons. The van der Waals surface area contributed by atoms with Gasteiger partial charge in [0.05, 0.1) is 11.2 Å². The molecule has 1 N–H and O–H groups in total. The Hall–Kier alpha value is -1.87. The highest BCUT2D eigenvalue weighted by atomic mass is 35.5. The molecular weight excluding hydrogens is 318 g/mol. The van der Waals surface area contributed by atoms with Crippen LogP contribution < -0.4 is 0 Å². The molecule has 0 saturated carbocycles. The summed E-state index contributed by atoms with van der Waals surface area (Å²) in [5.74, 6) is 2.50. The number of aromatic amines is 1. The first-order chi connectivity index (χ1) is 11.0. The zero-order valence-corrected chi connectivity index (χ0v) is 15.8. The molecule has 0 bridgehead atoms. The topological polar surface area (TPSA) is 41.6 Å². The fourth-order valence-electron chi connectivity index (χ4n) is 2.43. The van der Waals surface area contributed by atoms with E-state index in [0.29, 0.717) is 11.8 Å². The minimum atomic E-state index is 0. The van der Waals surface area contributed by atoms with Crippen LogP contribution in [0.4, 0.5) is 0 Å². The predicted molar refractivity (Wildman–Crippen MR) is 105 cm³/mol. The molecule has 0 saturated heterocycles. The van der Waals surface area contributed by atoms with E-state index in [-0.39, 0.29) is 12.4 Å². The van der Waals surface area contributed by atoms with Gasteiger partial charge in [0.2, 0.25) is 0 Å². The number of imidazole rings is 1. The molecule has 0 aliphatic carbocycles. The lowest BCUT2D eigenvalue weighted by Gasteiger charge is -2.00. The lowest BCUT2D eigenvalue weighted by molar-refractivity contribution is 0.616. The Bertz CT molecular complexity index is 629. The van der Waals surface area contributed by atoms with Gasteiger partial charge in [-0.15, -0.1) is 12.4 Å². The van der Waals surface area contributed by atoms with Gasteiger partial charge < -0.3 is 4.98 Å². The van der Waals surface area contributed by atoms with E-state index >= 15 is 0 Å². The van der Waals surface area contributed by atoms with Crippen LogP contribution in [0, 0.1) is 11.8 Å². The van der Waals surface area contributed by atoms with Crippen molar-refractivity contribution < 1.29 is 0 Å². The Balaban J connectivity index is 0.000000236. The number of benzene rings is 1. The third-order valence-electron chi connectivity index (χ3n) is 3.42. The normalized spacial score (nSPS) is 10.4. The molecule has 0 amide bonds. The van der Waals surface area contributed by atoms with Crippen molar-refractivity contribution in [3.63, 3.8) is 0 Å². The summed E-state index contributed by atoms with van der Waals surface area (Å²) in [5.41, 5.74) is 2.26. The largest absolute Gasteiger partial charge is 0.348 e. The highest BCUT2D eigenvalue weighted by Gasteiger charge is 2.04. The van der Waals surface area contributed by atoms with Gasteiger partial charge in [-0.25, -0.2) is 4.98 Å². The van der Waals surface area contributed by atoms with E-state index in [1.165, 1.54) is 11.1 Å². The smallest absolute Gasteiger partial charge is 0.106 e. The fraction of sp³-hybridized carbons (Fsp3) is 0.400. The van der Waals surface area contributed by atoms with Crippen molar-refractivity contribution in [1.82, 2.24) is 15.0 Å². The monoisotopic (exact) mass is 345 g/mol. The molecule has 0 unspecified atom stereocenters. The number of nitrogens with one attached hydrogen (secondary N) is 1. The summed E-state index contributed by atoms with van der Waals surface area (Å²) >= 11 is 0. The Morgan fingerprint density at radius 3 is 2.25 bits per heavy atom. The zero-order chi connectivity index (χ0) is 16.7. The van der Waals surface area contributed by atoms with E-state index in [2.05, 4.69) is 54.8 Å². The Morgan fingerprint density at radius 2 is 1.58 bits per heavy atom. The molecule has 0 aliphatic rings. The zero-order valence-electron chi connectivity index (χ0n) is 15.0. The average Bonchev–Trinajstić information content (AvgIpc) is 2.93. The van der Waals surface area contributed by atoms with Crippen LogP contribution in [0.1, 0.15) is 39.2 Å². The average molecular weight is 346 g/mol. The maximum Gasteiger partial charge on any atom is 0.106 e. The molecule has 24 heavy (non-hydrogen) atoms. The number of para-hydroxylation sites is 1. The van der Waals surface area contributed by atoms with E-state index in [9.17, 15) is 0 Å². The number of hydrogen-bond acceptors (Lipinski definition) is 2. The Labute approximate surface area is 151 Å². The predicted octanol–water partition coefficient (Wildman–Crippen LogP) is 5.46. The maximum atomic E-state index is 4.54. The third kappa shape index (κ3) is 6.71. The summed E-state index contributed by atoms with van der Waals surface area (Å²) in [6.07, 6.45) is 5.98. The van der Waals surface area contributed by atoms with Gasteiger partial charge in [-0.2, -0.15) is 0 Å². The Morgan fingerprint density at radius 1 is 0.917 bits per heavy atom. The molecule has 0 spiro atoms. The standard InChI is InChI=1S/C11H20N2.C9H7N.ClH/c1-8(2)5-10-7-12-11(13-10)6-9(3)4;1-2-6-9-8(4-1)5-3-7-10-9;/h7-9H,5-6H2,1-4H3,(H,12,13);1-7H;1H. The summed E-state index contributed by atoms with van der Waals surface area (Å²) in [5, 5.41) is 1.20. The van der Waals surface area contributed by atoms with Crippen LogP contribution in [0.15, 0.2) is 48.8 Å². The van der Waals surface area contributed by atoms with Gasteiger partial charge in [-0.3, -0.25) is 4.98 Å². The molecule has 3 nitrogen and oxygen atoms in total. The fourth-order valence-corrected chi connectivity index (χ4v) is 2.43. The van der Waals surface area contributed by atoms with Crippen molar-refractivity contribution >= 4 is 23.3 Å². The van der Waals surface area contributed by atoms with E-state index < -0.39 is 0 Å². The third-order valence-corrected chi connectivity index (χ3v) is 3.42. The highest BCUT2D eigenvalue weighted by molar-refractivity contribution is 5.85. The molecule has 3 aromatic rings. The number of fused-ring (bicyclic) bond motifs is 1. The minimum Gasteiger partial charge on any atom is -0.348 e. The second-order valence-corrected chi connectivity index (χ2v) is 6.73. The van der Waals surface area contributed by atoms with E-state index in [4.69, 9.17) is 0 Å². The van der Waals surface area contributed by atoms with Gasteiger partial charge in [0.25, 0.3) is 0 Å². The maximum absolute atomic E-state index is 4.54. The van der Waals surface area contributed by atoms with Crippen LogP contribution in [0.3, 0.4) is 0 Å². The Kier molecular flexibility index (Phi) is 8.48. The van der Waals surface area contributed by atoms with Crippen molar-refractivity contribution in [3.05, 3.63) is 60.3 Å². The lowest BCUT2D eigenvalue weighted by Crippen LogP contribution is -1.97. The summed E-state index contributed by atoms with van der Waals surface area (Å²) in [6, 6.07) is 12.1. The van der Waals surface area contributed by atoms with Crippen LogP contribution in [0.2, 0.25) is 0 Å². The van der Waals surface area contributed by atoms with Crippen molar-refractivity contribution in [2.24, 2.45) is 11.8 Å². The summed E-state index contributed by atoms with van der Waals surface area (Å²) < 4.78 is 0. The lowest BCUT2D eigenvalue weighted by atomic mass is 10.1. The molecule has 4 heteroatoms. The number of pyridine rings is 1. The van der Waals surface area contributed by atoms with Crippen LogP contribution >= 0.6 is 12.4 Å². The molecule has 0 fully saturated rings. The van der Waals surface area contributed by atoms with Gasteiger partial charge in [0.15, 0.2) is 0 Å². The molecule has 2 aromatic heterocycles. The number of H-pyrrole nitrogens is 1. The molecule has 3 rings (SSSR count). The van der Waals surface area contributed by atoms with Crippen molar-refractivity contribution in [3.8, 4) is 0 Å². The first-order valence-electron chi connectivity index (χ1n) is 8.37. The van der Waals surface area contributed by atoms with Crippen LogP contribution in [-0.4, -0.2) is 15.0 Å². The second kappa shape index (κ2) is 10.1. The molecule has 0 atom stereocenters. The first-order valence-corrected chi connectivity index (χ1v) is 8.37. The quantitative estimate of drug-likeness (QED) is 0.681. The molecular formula is C20H28ClN3. The number of aromatic nitrogens is 3. The van der Waals surface area contributed by atoms with Crippen molar-refractivity contribution in [2.45, 2.75) is 40.5 Å². The van der Waals surface area contributed by atoms with Crippen molar-refractivity contribution in [1.29, 1.82) is 0 Å². The van der Waals surface area contributed by atoms with E-state index in [1.807, 2.05) is 36.7 Å².